The SMILES string of the molecule is CC(=O)NC(C(=O)Nc1ccc(S(=O)(=O)NC(C)C)cc1)C(C)C. The molecule has 1 unspecified atom stereocenters. The van der Waals surface area contributed by atoms with Crippen LogP contribution < -0.4 is 15.4 Å². The van der Waals surface area contributed by atoms with Crippen LogP contribution in [0.5, 0.6) is 0 Å². The van der Waals surface area contributed by atoms with Crippen molar-refractivity contribution in [3.63, 3.8) is 0 Å². The zero-order chi connectivity index (χ0) is 18.5. The maximum absolute atomic E-state index is 12.3. The minimum atomic E-state index is -3.57. The highest BCUT2D eigenvalue weighted by Crippen LogP contribution is 2.15. The molecule has 0 aliphatic rings. The Bertz CT molecular complexity index is 682. The van der Waals surface area contributed by atoms with Crippen LogP contribution >= 0.6 is 0 Å². The van der Waals surface area contributed by atoms with Gasteiger partial charge in [-0.25, -0.2) is 13.1 Å². The maximum atomic E-state index is 12.3. The lowest BCUT2D eigenvalue weighted by Crippen LogP contribution is -2.46. The van der Waals surface area contributed by atoms with Gasteiger partial charge in [0.05, 0.1) is 4.90 Å². The van der Waals surface area contributed by atoms with Crippen LogP contribution in [-0.4, -0.2) is 32.3 Å². The minimum absolute atomic E-state index is 0.0798. The average molecular weight is 355 g/mol. The number of carbonyl (C=O) groups is 2. The monoisotopic (exact) mass is 355 g/mol. The molecule has 0 spiro atoms. The number of benzene rings is 1. The van der Waals surface area contributed by atoms with Crippen LogP contribution in [0.15, 0.2) is 29.2 Å². The highest BCUT2D eigenvalue weighted by Gasteiger charge is 2.23. The third kappa shape index (κ3) is 5.93. The molecule has 1 aromatic carbocycles. The van der Waals surface area contributed by atoms with E-state index in [2.05, 4.69) is 15.4 Å². The Morgan fingerprint density at radius 2 is 1.54 bits per heavy atom. The summed E-state index contributed by atoms with van der Waals surface area (Å²) in [5.41, 5.74) is 0.458. The van der Waals surface area contributed by atoms with Crippen molar-refractivity contribution in [2.45, 2.75) is 51.6 Å². The highest BCUT2D eigenvalue weighted by molar-refractivity contribution is 7.89. The smallest absolute Gasteiger partial charge is 0.247 e. The molecular formula is C16H25N3O4S. The van der Waals surface area contributed by atoms with Gasteiger partial charge in [-0.1, -0.05) is 13.8 Å². The normalized spacial score (nSPS) is 13.0. The summed E-state index contributed by atoms with van der Waals surface area (Å²) in [6, 6.07) is 5.00. The predicted molar refractivity (Wildman–Crippen MR) is 93.0 cm³/mol. The van der Waals surface area contributed by atoms with Crippen molar-refractivity contribution in [1.82, 2.24) is 10.0 Å². The summed E-state index contributed by atoms with van der Waals surface area (Å²) in [6.07, 6.45) is 0. The Morgan fingerprint density at radius 1 is 1.00 bits per heavy atom. The van der Waals surface area contributed by atoms with Crippen LogP contribution in [0.1, 0.15) is 34.6 Å². The van der Waals surface area contributed by atoms with Crippen molar-refractivity contribution in [2.75, 3.05) is 5.32 Å². The van der Waals surface area contributed by atoms with Crippen molar-refractivity contribution < 1.29 is 18.0 Å². The van der Waals surface area contributed by atoms with Crippen LogP contribution in [0.3, 0.4) is 0 Å². The zero-order valence-corrected chi connectivity index (χ0v) is 15.4. The number of carbonyl (C=O) groups excluding carboxylic acids is 2. The van der Waals surface area contributed by atoms with Gasteiger partial charge in [-0.2, -0.15) is 0 Å². The number of nitrogens with one attached hydrogen (secondary N) is 3. The number of hydrogen-bond acceptors (Lipinski definition) is 4. The molecule has 3 N–H and O–H groups in total. The van der Waals surface area contributed by atoms with E-state index in [9.17, 15) is 18.0 Å². The van der Waals surface area contributed by atoms with E-state index in [1.807, 2.05) is 13.8 Å². The van der Waals surface area contributed by atoms with Crippen molar-refractivity contribution in [1.29, 1.82) is 0 Å². The molecule has 1 aromatic rings. The Morgan fingerprint density at radius 3 is 1.96 bits per heavy atom. The number of sulfonamides is 1. The van der Waals surface area contributed by atoms with Gasteiger partial charge >= 0.3 is 0 Å². The lowest BCUT2D eigenvalue weighted by atomic mass is 10.0. The van der Waals surface area contributed by atoms with Gasteiger partial charge in [0.2, 0.25) is 21.8 Å². The fraction of sp³-hybridized carbons (Fsp3) is 0.500. The molecule has 0 aliphatic heterocycles. The molecule has 0 aromatic heterocycles. The van der Waals surface area contributed by atoms with Crippen LogP contribution in [-0.2, 0) is 19.6 Å². The van der Waals surface area contributed by atoms with Crippen LogP contribution in [0.4, 0.5) is 5.69 Å². The molecule has 0 radical (unpaired) electrons. The second-order valence-corrected chi connectivity index (χ2v) is 7.93. The molecule has 0 bridgehead atoms. The van der Waals surface area contributed by atoms with Gasteiger partial charge in [-0.15, -0.1) is 0 Å². The molecule has 0 heterocycles. The lowest BCUT2D eigenvalue weighted by molar-refractivity contribution is -0.126. The average Bonchev–Trinajstić information content (AvgIpc) is 2.43. The minimum Gasteiger partial charge on any atom is -0.344 e. The first-order chi connectivity index (χ1) is 11.0. The van der Waals surface area contributed by atoms with E-state index in [0.29, 0.717) is 5.69 Å². The van der Waals surface area contributed by atoms with Crippen molar-refractivity contribution in [3.8, 4) is 0 Å². The number of rotatable bonds is 7. The summed E-state index contributed by atoms with van der Waals surface area (Å²) < 4.78 is 26.6. The third-order valence-corrected chi connectivity index (χ3v) is 4.81. The van der Waals surface area contributed by atoms with E-state index >= 15 is 0 Å². The van der Waals surface area contributed by atoms with Crippen LogP contribution in [0.2, 0.25) is 0 Å². The van der Waals surface area contributed by atoms with Crippen molar-refractivity contribution in [3.05, 3.63) is 24.3 Å². The molecule has 1 atom stereocenters. The highest BCUT2D eigenvalue weighted by atomic mass is 32.2. The Hall–Kier alpha value is -1.93. The molecule has 0 aliphatic carbocycles. The van der Waals surface area contributed by atoms with Gasteiger partial charge in [0.15, 0.2) is 0 Å². The molecule has 2 amide bonds. The first kappa shape index (κ1) is 20.1. The second-order valence-electron chi connectivity index (χ2n) is 6.21. The van der Waals surface area contributed by atoms with Gasteiger partial charge in [0.25, 0.3) is 0 Å². The Labute approximate surface area is 143 Å². The Balaban J connectivity index is 2.86. The van der Waals surface area contributed by atoms with E-state index in [-0.39, 0.29) is 28.7 Å². The topological polar surface area (TPSA) is 104 Å². The summed E-state index contributed by atoms with van der Waals surface area (Å²) >= 11 is 0. The summed E-state index contributed by atoms with van der Waals surface area (Å²) in [5, 5.41) is 5.28. The molecule has 7 nitrogen and oxygen atoms in total. The van der Waals surface area contributed by atoms with Crippen molar-refractivity contribution >= 4 is 27.5 Å². The summed E-state index contributed by atoms with van der Waals surface area (Å²) in [7, 11) is -3.57. The number of anilines is 1. The van der Waals surface area contributed by atoms with E-state index in [0.717, 1.165) is 0 Å². The summed E-state index contributed by atoms with van der Waals surface area (Å²) in [4.78, 5) is 23.6. The van der Waals surface area contributed by atoms with E-state index in [1.165, 1.54) is 31.2 Å². The quantitative estimate of drug-likeness (QED) is 0.689. The van der Waals surface area contributed by atoms with Gasteiger partial charge in [0, 0.05) is 18.7 Å². The second kappa shape index (κ2) is 8.25. The van der Waals surface area contributed by atoms with Crippen LogP contribution in [0.25, 0.3) is 0 Å². The molecule has 134 valence electrons. The van der Waals surface area contributed by atoms with Crippen LogP contribution in [0, 0.1) is 5.92 Å². The Kier molecular flexibility index (Phi) is 6.92. The molecule has 0 saturated carbocycles. The largest absolute Gasteiger partial charge is 0.344 e. The molecule has 24 heavy (non-hydrogen) atoms. The first-order valence-corrected chi connectivity index (χ1v) is 9.21. The van der Waals surface area contributed by atoms with Crippen molar-refractivity contribution in [2.24, 2.45) is 5.92 Å². The first-order valence-electron chi connectivity index (χ1n) is 7.73. The third-order valence-electron chi connectivity index (χ3n) is 3.13. The number of hydrogen-bond donors (Lipinski definition) is 3. The van der Waals surface area contributed by atoms with Gasteiger partial charge in [0.1, 0.15) is 6.04 Å². The zero-order valence-electron chi connectivity index (χ0n) is 14.6. The number of amides is 2. The maximum Gasteiger partial charge on any atom is 0.247 e. The summed E-state index contributed by atoms with van der Waals surface area (Å²) in [6.45, 7) is 8.48. The predicted octanol–water partition coefficient (Wildman–Crippen LogP) is 1.47. The molecular weight excluding hydrogens is 330 g/mol. The fourth-order valence-corrected chi connectivity index (χ4v) is 3.32. The molecule has 1 rings (SSSR count). The van der Waals surface area contributed by atoms with Gasteiger partial charge < -0.3 is 10.6 Å². The van der Waals surface area contributed by atoms with E-state index in [1.54, 1.807) is 13.8 Å². The standard InChI is InChI=1S/C16H25N3O4S/c1-10(2)15(17-12(5)20)16(21)18-13-6-8-14(9-7-13)24(22,23)19-11(3)4/h6-11,15,19H,1-5H3,(H,17,20)(H,18,21). The van der Waals surface area contributed by atoms with E-state index in [4.69, 9.17) is 0 Å². The molecule has 0 fully saturated rings. The van der Waals surface area contributed by atoms with E-state index < -0.39 is 16.1 Å². The fourth-order valence-electron chi connectivity index (χ4n) is 2.07. The lowest BCUT2D eigenvalue weighted by Gasteiger charge is -2.21. The molecule has 8 heteroatoms. The van der Waals surface area contributed by atoms with Gasteiger partial charge in [-0.3, -0.25) is 9.59 Å². The molecule has 0 saturated heterocycles. The van der Waals surface area contributed by atoms with Gasteiger partial charge in [-0.05, 0) is 44.0 Å². The summed E-state index contributed by atoms with van der Waals surface area (Å²) in [5.74, 6) is -0.718.